The van der Waals surface area contributed by atoms with Crippen LogP contribution in [0.3, 0.4) is 0 Å². The van der Waals surface area contributed by atoms with Crippen LogP contribution in [0.5, 0.6) is 0 Å². The monoisotopic (exact) mass is 396 g/mol. The van der Waals surface area contributed by atoms with E-state index in [1.807, 2.05) is 48.1 Å². The molecule has 2 aromatic carbocycles. The molecule has 0 radical (unpaired) electrons. The molecule has 0 aliphatic rings. The normalized spacial score (nSPS) is 11.3. The van der Waals surface area contributed by atoms with Gasteiger partial charge in [0.1, 0.15) is 5.69 Å². The lowest BCUT2D eigenvalue weighted by atomic mass is 10.1. The van der Waals surface area contributed by atoms with Crippen LogP contribution in [-0.2, 0) is 6.54 Å². The summed E-state index contributed by atoms with van der Waals surface area (Å²) in [6, 6.07) is 18.4. The highest BCUT2D eigenvalue weighted by Crippen LogP contribution is 2.27. The quantitative estimate of drug-likeness (QED) is 0.490. The Kier molecular flexibility index (Phi) is 4.57. The van der Waals surface area contributed by atoms with Gasteiger partial charge >= 0.3 is 0 Å². The second kappa shape index (κ2) is 7.53. The minimum absolute atomic E-state index is 0.0262. The Morgan fingerprint density at radius 1 is 1.00 bits per heavy atom. The Labute approximate surface area is 173 Å². The molecule has 0 atom stereocenters. The Bertz CT molecular complexity index is 1340. The highest BCUT2D eigenvalue weighted by molar-refractivity contribution is 5.84. The summed E-state index contributed by atoms with van der Waals surface area (Å²) in [5.41, 5.74) is 3.51. The predicted octanol–water partition coefficient (Wildman–Crippen LogP) is 3.65. The van der Waals surface area contributed by atoms with E-state index in [1.54, 1.807) is 17.1 Å². The fourth-order valence-corrected chi connectivity index (χ4v) is 3.50. The summed E-state index contributed by atoms with van der Waals surface area (Å²) in [6.07, 6.45) is 5.32. The topological polar surface area (TPSA) is 81.7 Å². The van der Waals surface area contributed by atoms with Gasteiger partial charge in [0.15, 0.2) is 11.6 Å². The van der Waals surface area contributed by atoms with Crippen LogP contribution in [0.25, 0.3) is 39.4 Å². The summed E-state index contributed by atoms with van der Waals surface area (Å²) in [6.45, 7) is 2.47. The summed E-state index contributed by atoms with van der Waals surface area (Å²) in [4.78, 5) is 9.38. The zero-order valence-corrected chi connectivity index (χ0v) is 16.5. The Hall–Kier alpha value is -3.84. The number of aliphatic hydroxyl groups is 1. The molecule has 7 nitrogen and oxygen atoms in total. The number of hydrogen-bond acceptors (Lipinski definition) is 5. The number of aliphatic hydroxyl groups excluding tert-OH is 1. The second-order valence-electron chi connectivity index (χ2n) is 7.09. The highest BCUT2D eigenvalue weighted by atomic mass is 16.3. The first-order valence-corrected chi connectivity index (χ1v) is 9.75. The summed E-state index contributed by atoms with van der Waals surface area (Å²) in [5.74, 6) is 1.24. The molecule has 0 fully saturated rings. The Balaban J connectivity index is 1.69. The van der Waals surface area contributed by atoms with E-state index in [0.29, 0.717) is 18.2 Å². The maximum absolute atomic E-state index is 9.16. The average Bonchev–Trinajstić information content (AvgIpc) is 3.41. The molecule has 0 amide bonds. The van der Waals surface area contributed by atoms with Crippen molar-refractivity contribution < 1.29 is 5.11 Å². The van der Waals surface area contributed by atoms with Crippen molar-refractivity contribution >= 4 is 10.8 Å². The Morgan fingerprint density at radius 2 is 1.87 bits per heavy atom. The SMILES string of the molecule is Cc1cccnc1-c1nc(-c2cnn(CCO)c2)nn1-c1ccc2ccccc2c1. The van der Waals surface area contributed by atoms with Gasteiger partial charge in [-0.2, -0.15) is 5.10 Å². The van der Waals surface area contributed by atoms with E-state index in [-0.39, 0.29) is 6.61 Å². The average molecular weight is 396 g/mol. The zero-order chi connectivity index (χ0) is 20.5. The van der Waals surface area contributed by atoms with Crippen molar-refractivity contribution in [1.82, 2.24) is 29.5 Å². The fourth-order valence-electron chi connectivity index (χ4n) is 3.50. The molecule has 0 unspecified atom stereocenters. The van der Waals surface area contributed by atoms with E-state index in [0.717, 1.165) is 27.9 Å². The molecule has 0 aliphatic heterocycles. The van der Waals surface area contributed by atoms with Crippen molar-refractivity contribution in [1.29, 1.82) is 0 Å². The number of aryl methyl sites for hydroxylation is 1. The maximum atomic E-state index is 9.16. The van der Waals surface area contributed by atoms with Crippen LogP contribution in [0.4, 0.5) is 0 Å². The van der Waals surface area contributed by atoms with Crippen molar-refractivity contribution in [3.05, 3.63) is 78.8 Å². The molecule has 5 rings (SSSR count). The molecule has 5 aromatic rings. The molecule has 3 heterocycles. The molecule has 7 heteroatoms. The number of hydrogen-bond donors (Lipinski definition) is 1. The van der Waals surface area contributed by atoms with E-state index in [2.05, 4.69) is 34.3 Å². The van der Waals surface area contributed by atoms with Crippen molar-refractivity contribution in [3.63, 3.8) is 0 Å². The lowest BCUT2D eigenvalue weighted by Crippen LogP contribution is -2.02. The molecule has 3 aromatic heterocycles. The number of rotatable bonds is 5. The zero-order valence-electron chi connectivity index (χ0n) is 16.5. The lowest BCUT2D eigenvalue weighted by molar-refractivity contribution is 0.269. The largest absolute Gasteiger partial charge is 0.394 e. The van der Waals surface area contributed by atoms with E-state index < -0.39 is 0 Å². The number of pyridine rings is 1. The Morgan fingerprint density at radius 3 is 2.70 bits per heavy atom. The lowest BCUT2D eigenvalue weighted by Gasteiger charge is -2.08. The third-order valence-electron chi connectivity index (χ3n) is 5.03. The van der Waals surface area contributed by atoms with Crippen molar-refractivity contribution in [3.8, 4) is 28.6 Å². The standard InChI is InChI=1S/C23H20N6O/c1-16-5-4-10-24-21(16)23-26-22(19-14-25-28(15-19)11-12-30)27-29(23)20-9-8-17-6-2-3-7-18(17)13-20/h2-10,13-15,30H,11-12H2,1H3. The molecule has 0 saturated carbocycles. The van der Waals surface area contributed by atoms with Crippen LogP contribution < -0.4 is 0 Å². The number of benzene rings is 2. The number of nitrogens with zero attached hydrogens (tertiary/aromatic N) is 6. The molecular formula is C23H20N6O. The van der Waals surface area contributed by atoms with Crippen molar-refractivity contribution in [2.75, 3.05) is 6.61 Å². The van der Waals surface area contributed by atoms with Gasteiger partial charge in [-0.05, 0) is 41.5 Å². The van der Waals surface area contributed by atoms with Crippen molar-refractivity contribution in [2.45, 2.75) is 13.5 Å². The summed E-state index contributed by atoms with van der Waals surface area (Å²) < 4.78 is 3.51. The van der Waals surface area contributed by atoms with Crippen LogP contribution in [0.1, 0.15) is 5.56 Å². The molecular weight excluding hydrogens is 376 g/mol. The molecule has 1 N–H and O–H groups in total. The molecule has 0 saturated heterocycles. The van der Waals surface area contributed by atoms with Crippen LogP contribution in [0.15, 0.2) is 73.2 Å². The van der Waals surface area contributed by atoms with Gasteiger partial charge in [-0.15, -0.1) is 5.10 Å². The smallest absolute Gasteiger partial charge is 0.185 e. The van der Waals surface area contributed by atoms with Crippen LogP contribution in [-0.4, -0.2) is 41.2 Å². The fraction of sp³-hybridized carbons (Fsp3) is 0.130. The first-order chi connectivity index (χ1) is 14.7. The van der Waals surface area contributed by atoms with E-state index in [4.69, 9.17) is 15.2 Å². The third-order valence-corrected chi connectivity index (χ3v) is 5.03. The summed E-state index contributed by atoms with van der Waals surface area (Å²) in [5, 5.41) is 20.5. The van der Waals surface area contributed by atoms with Gasteiger partial charge in [-0.3, -0.25) is 9.67 Å². The molecule has 0 spiro atoms. The number of aromatic nitrogens is 6. The van der Waals surface area contributed by atoms with E-state index >= 15 is 0 Å². The first-order valence-electron chi connectivity index (χ1n) is 9.75. The highest BCUT2D eigenvalue weighted by Gasteiger charge is 2.18. The van der Waals surface area contributed by atoms with E-state index in [9.17, 15) is 0 Å². The van der Waals surface area contributed by atoms with Gasteiger partial charge in [-0.25, -0.2) is 9.67 Å². The van der Waals surface area contributed by atoms with Crippen molar-refractivity contribution in [2.24, 2.45) is 0 Å². The van der Waals surface area contributed by atoms with Crippen LogP contribution in [0, 0.1) is 6.92 Å². The van der Waals surface area contributed by atoms with Crippen LogP contribution >= 0.6 is 0 Å². The first kappa shape index (κ1) is 18.2. The number of fused-ring (bicyclic) bond motifs is 1. The molecule has 0 aliphatic carbocycles. The van der Waals surface area contributed by atoms with Gasteiger partial charge in [-0.1, -0.05) is 36.4 Å². The maximum Gasteiger partial charge on any atom is 0.185 e. The second-order valence-corrected chi connectivity index (χ2v) is 7.09. The third kappa shape index (κ3) is 3.25. The van der Waals surface area contributed by atoms with Gasteiger partial charge in [0.2, 0.25) is 0 Å². The van der Waals surface area contributed by atoms with Gasteiger partial charge in [0.05, 0.1) is 30.6 Å². The van der Waals surface area contributed by atoms with Crippen LogP contribution in [0.2, 0.25) is 0 Å². The van der Waals surface area contributed by atoms with Gasteiger partial charge < -0.3 is 5.11 Å². The molecule has 0 bridgehead atoms. The molecule has 148 valence electrons. The van der Waals surface area contributed by atoms with Gasteiger partial charge in [0, 0.05) is 12.4 Å². The minimum atomic E-state index is 0.0262. The van der Waals surface area contributed by atoms with Gasteiger partial charge in [0.25, 0.3) is 0 Å². The van der Waals surface area contributed by atoms with E-state index in [1.165, 1.54) is 5.39 Å². The molecule has 30 heavy (non-hydrogen) atoms. The summed E-state index contributed by atoms with van der Waals surface area (Å²) >= 11 is 0. The predicted molar refractivity (Wildman–Crippen MR) is 115 cm³/mol. The minimum Gasteiger partial charge on any atom is -0.394 e. The summed E-state index contributed by atoms with van der Waals surface area (Å²) in [7, 11) is 0.